The van der Waals surface area contributed by atoms with Gasteiger partial charge in [-0.05, 0) is 36.6 Å². The van der Waals surface area contributed by atoms with Gasteiger partial charge in [0.1, 0.15) is 0 Å². The molecule has 0 bridgehead atoms. The van der Waals surface area contributed by atoms with Gasteiger partial charge in [-0.2, -0.15) is 0 Å². The first-order chi connectivity index (χ1) is 14.1. The molecular weight excluding hydrogens is 368 g/mol. The van der Waals surface area contributed by atoms with Crippen LogP contribution < -0.4 is 14.8 Å². The molecule has 0 heterocycles. The van der Waals surface area contributed by atoms with Crippen LogP contribution in [0, 0.1) is 11.8 Å². The van der Waals surface area contributed by atoms with E-state index in [0.717, 1.165) is 11.1 Å². The summed E-state index contributed by atoms with van der Waals surface area (Å²) < 4.78 is 10.5. The minimum Gasteiger partial charge on any atom is -0.493 e. The van der Waals surface area contributed by atoms with Gasteiger partial charge in [-0.1, -0.05) is 36.4 Å². The average molecular weight is 396 g/mol. The minimum absolute atomic E-state index is 0.0580. The highest BCUT2D eigenvalue weighted by atomic mass is 16.5. The molecule has 2 unspecified atom stereocenters. The van der Waals surface area contributed by atoms with Crippen LogP contribution in [0.15, 0.2) is 48.5 Å². The van der Waals surface area contributed by atoms with Gasteiger partial charge < -0.3 is 19.7 Å². The number of ether oxygens (including phenoxy) is 2. The van der Waals surface area contributed by atoms with Gasteiger partial charge in [0.25, 0.3) is 0 Å². The number of amides is 2. The zero-order valence-corrected chi connectivity index (χ0v) is 17.2. The van der Waals surface area contributed by atoms with Crippen molar-refractivity contribution in [2.24, 2.45) is 11.8 Å². The summed E-state index contributed by atoms with van der Waals surface area (Å²) in [6.45, 7) is 3.56. The number of methoxy groups -OCH3 is 2. The molecule has 1 aliphatic rings. The molecular formula is C23H28N2O4. The van der Waals surface area contributed by atoms with Gasteiger partial charge in [-0.25, -0.2) is 0 Å². The van der Waals surface area contributed by atoms with Crippen molar-refractivity contribution < 1.29 is 19.1 Å². The lowest BCUT2D eigenvalue weighted by Crippen LogP contribution is -2.33. The highest BCUT2D eigenvalue weighted by Crippen LogP contribution is 2.40. The van der Waals surface area contributed by atoms with E-state index in [2.05, 4.69) is 5.32 Å². The summed E-state index contributed by atoms with van der Waals surface area (Å²) in [5, 5.41) is 2.94. The van der Waals surface area contributed by atoms with Crippen molar-refractivity contribution in [2.75, 3.05) is 20.8 Å². The van der Waals surface area contributed by atoms with Crippen molar-refractivity contribution >= 4 is 11.8 Å². The molecule has 1 aliphatic carbocycles. The summed E-state index contributed by atoms with van der Waals surface area (Å²) in [5.41, 5.74) is 2.01. The molecule has 1 fully saturated rings. The lowest BCUT2D eigenvalue weighted by atomic mass is 10.2. The molecule has 0 aliphatic heterocycles. The molecule has 2 amide bonds. The first-order valence-corrected chi connectivity index (χ1v) is 9.88. The third kappa shape index (κ3) is 5.08. The van der Waals surface area contributed by atoms with Crippen molar-refractivity contribution in [3.05, 3.63) is 59.7 Å². The highest BCUT2D eigenvalue weighted by molar-refractivity contribution is 5.92. The van der Waals surface area contributed by atoms with Crippen LogP contribution >= 0.6 is 0 Å². The molecule has 1 saturated carbocycles. The van der Waals surface area contributed by atoms with E-state index in [9.17, 15) is 9.59 Å². The first kappa shape index (κ1) is 20.7. The second-order valence-corrected chi connectivity index (χ2v) is 7.19. The van der Waals surface area contributed by atoms with E-state index in [0.29, 0.717) is 37.6 Å². The molecule has 29 heavy (non-hydrogen) atoms. The van der Waals surface area contributed by atoms with Crippen LogP contribution in [-0.2, 0) is 22.7 Å². The number of carbonyl (C=O) groups is 2. The van der Waals surface area contributed by atoms with Crippen LogP contribution in [0.3, 0.4) is 0 Å². The summed E-state index contributed by atoms with van der Waals surface area (Å²) >= 11 is 0. The predicted octanol–water partition coefficient (Wildman–Crippen LogP) is 3.00. The van der Waals surface area contributed by atoms with Crippen molar-refractivity contribution in [1.82, 2.24) is 10.2 Å². The van der Waals surface area contributed by atoms with E-state index in [1.807, 2.05) is 60.4 Å². The molecule has 0 saturated heterocycles. The highest BCUT2D eigenvalue weighted by Gasteiger charge is 2.49. The second-order valence-electron chi connectivity index (χ2n) is 7.19. The Balaban J connectivity index is 1.52. The van der Waals surface area contributed by atoms with Crippen LogP contribution in [-0.4, -0.2) is 37.5 Å². The summed E-state index contributed by atoms with van der Waals surface area (Å²) in [7, 11) is 3.16. The molecule has 2 aromatic carbocycles. The molecule has 1 N–H and O–H groups in total. The Hall–Kier alpha value is -3.02. The van der Waals surface area contributed by atoms with Gasteiger partial charge in [0.15, 0.2) is 11.5 Å². The number of hydrogen-bond acceptors (Lipinski definition) is 4. The summed E-state index contributed by atoms with van der Waals surface area (Å²) in [4.78, 5) is 27.1. The standard InChI is InChI=1S/C23H28N2O4/c1-4-25(15-16-8-6-5-7-9-16)23(27)19-13-18(19)22(26)24-14-17-10-11-20(28-2)21(12-17)29-3/h5-12,18-19H,4,13-15H2,1-3H3,(H,24,26). The number of rotatable bonds is 9. The molecule has 2 atom stereocenters. The summed E-state index contributed by atoms with van der Waals surface area (Å²) in [6.07, 6.45) is 0.613. The number of nitrogens with zero attached hydrogens (tertiary/aromatic N) is 1. The van der Waals surface area contributed by atoms with E-state index < -0.39 is 0 Å². The first-order valence-electron chi connectivity index (χ1n) is 9.88. The van der Waals surface area contributed by atoms with Crippen molar-refractivity contribution in [2.45, 2.75) is 26.4 Å². The number of nitrogens with one attached hydrogen (secondary N) is 1. The van der Waals surface area contributed by atoms with E-state index in [4.69, 9.17) is 9.47 Å². The van der Waals surface area contributed by atoms with Crippen LogP contribution in [0.2, 0.25) is 0 Å². The van der Waals surface area contributed by atoms with Crippen molar-refractivity contribution in [1.29, 1.82) is 0 Å². The maximum Gasteiger partial charge on any atom is 0.226 e. The topological polar surface area (TPSA) is 67.9 Å². The SMILES string of the molecule is CCN(Cc1ccccc1)C(=O)C1CC1C(=O)NCc1ccc(OC)c(OC)c1. The summed E-state index contributed by atoms with van der Waals surface area (Å²) in [6, 6.07) is 15.5. The minimum atomic E-state index is -0.243. The van der Waals surface area contributed by atoms with Gasteiger partial charge in [-0.3, -0.25) is 9.59 Å². The molecule has 2 aromatic rings. The number of hydrogen-bond donors (Lipinski definition) is 1. The summed E-state index contributed by atoms with van der Waals surface area (Å²) in [5.74, 6) is 0.791. The van der Waals surface area contributed by atoms with E-state index in [1.165, 1.54) is 0 Å². The predicted molar refractivity (Wildman–Crippen MR) is 111 cm³/mol. The largest absolute Gasteiger partial charge is 0.493 e. The Morgan fingerprint density at radius 3 is 2.38 bits per heavy atom. The average Bonchev–Trinajstić information content (AvgIpc) is 3.57. The van der Waals surface area contributed by atoms with E-state index in [1.54, 1.807) is 14.2 Å². The van der Waals surface area contributed by atoms with Gasteiger partial charge in [0, 0.05) is 19.6 Å². The van der Waals surface area contributed by atoms with Gasteiger partial charge in [-0.15, -0.1) is 0 Å². The van der Waals surface area contributed by atoms with Crippen LogP contribution in [0.25, 0.3) is 0 Å². The second kappa shape index (κ2) is 9.45. The van der Waals surface area contributed by atoms with E-state index >= 15 is 0 Å². The third-order valence-electron chi connectivity index (χ3n) is 5.27. The molecule has 6 heteroatoms. The van der Waals surface area contributed by atoms with Gasteiger partial charge in [0.05, 0.1) is 26.1 Å². The van der Waals surface area contributed by atoms with Crippen LogP contribution in [0.4, 0.5) is 0 Å². The Morgan fingerprint density at radius 2 is 1.72 bits per heavy atom. The lowest BCUT2D eigenvalue weighted by Gasteiger charge is -2.21. The van der Waals surface area contributed by atoms with E-state index in [-0.39, 0.29) is 23.7 Å². The van der Waals surface area contributed by atoms with Crippen LogP contribution in [0.5, 0.6) is 11.5 Å². The molecule has 0 spiro atoms. The van der Waals surface area contributed by atoms with Crippen molar-refractivity contribution in [3.8, 4) is 11.5 Å². The lowest BCUT2D eigenvalue weighted by molar-refractivity contribution is -0.135. The molecule has 0 radical (unpaired) electrons. The molecule has 3 rings (SSSR count). The Morgan fingerprint density at radius 1 is 1.00 bits per heavy atom. The normalized spacial score (nSPS) is 17.3. The van der Waals surface area contributed by atoms with Gasteiger partial charge in [0.2, 0.25) is 11.8 Å². The zero-order valence-electron chi connectivity index (χ0n) is 17.2. The van der Waals surface area contributed by atoms with Crippen molar-refractivity contribution in [3.63, 3.8) is 0 Å². The number of benzene rings is 2. The maximum absolute atomic E-state index is 12.8. The fourth-order valence-electron chi connectivity index (χ4n) is 3.45. The molecule has 154 valence electrons. The van der Waals surface area contributed by atoms with Gasteiger partial charge >= 0.3 is 0 Å². The smallest absolute Gasteiger partial charge is 0.226 e. The Bertz CT molecular complexity index is 853. The fraction of sp³-hybridized carbons (Fsp3) is 0.391. The maximum atomic E-state index is 12.8. The molecule has 6 nitrogen and oxygen atoms in total. The monoisotopic (exact) mass is 396 g/mol. The Kier molecular flexibility index (Phi) is 6.75. The fourth-order valence-corrected chi connectivity index (χ4v) is 3.45. The third-order valence-corrected chi connectivity index (χ3v) is 5.27. The zero-order chi connectivity index (χ0) is 20.8. The number of carbonyl (C=O) groups excluding carboxylic acids is 2. The molecule has 0 aromatic heterocycles. The Labute approximate surface area is 171 Å². The van der Waals surface area contributed by atoms with Crippen LogP contribution in [0.1, 0.15) is 24.5 Å². The quantitative estimate of drug-likeness (QED) is 0.708.